The number of rotatable bonds is 12. The van der Waals surface area contributed by atoms with Crippen LogP contribution in [0.15, 0.2) is 42.5 Å². The van der Waals surface area contributed by atoms with Crippen molar-refractivity contribution in [3.63, 3.8) is 0 Å². The second kappa shape index (κ2) is 12.3. The maximum atomic E-state index is 13.5. The van der Waals surface area contributed by atoms with Gasteiger partial charge in [-0.05, 0) is 52.4 Å². The largest absolute Gasteiger partial charge is 0.550 e. The van der Waals surface area contributed by atoms with Crippen LogP contribution < -0.4 is 9.84 Å². The zero-order valence-corrected chi connectivity index (χ0v) is 18.6. The standard InChI is InChI=1S/C25H31FO6/c1-16(2)23-14-21(32-11-10-31-3)15-24(17-4-6-18(26)7-5-17)22(23)9-8-19(27)12-20(28)13-25(29)30/h4-9,14-16,19-20,27-28H,10-13H2,1-3H3,(H,29,30)/p-1/b9-8+. The molecule has 0 saturated carbocycles. The van der Waals surface area contributed by atoms with Gasteiger partial charge in [-0.2, -0.15) is 0 Å². The monoisotopic (exact) mass is 445 g/mol. The first-order valence-corrected chi connectivity index (χ1v) is 10.5. The van der Waals surface area contributed by atoms with Crippen molar-refractivity contribution >= 4 is 12.0 Å². The molecule has 2 atom stereocenters. The molecule has 2 aromatic carbocycles. The van der Waals surface area contributed by atoms with E-state index in [-0.39, 0.29) is 18.2 Å². The number of carboxylic acid groups (broad SMARTS) is 1. The van der Waals surface area contributed by atoms with Gasteiger partial charge < -0.3 is 29.6 Å². The summed E-state index contributed by atoms with van der Waals surface area (Å²) in [5.41, 5.74) is 3.34. The highest BCUT2D eigenvalue weighted by Crippen LogP contribution is 2.36. The summed E-state index contributed by atoms with van der Waals surface area (Å²) in [6.45, 7) is 4.87. The molecule has 0 aliphatic rings. The van der Waals surface area contributed by atoms with E-state index in [1.807, 2.05) is 26.0 Å². The SMILES string of the molecule is COCCOc1cc(-c2ccc(F)cc2)c(/C=C/C(O)CC(O)CC(=O)[O-])c(C(C)C)c1. The fourth-order valence-electron chi connectivity index (χ4n) is 3.35. The van der Waals surface area contributed by atoms with E-state index in [9.17, 15) is 24.5 Å². The Balaban J connectivity index is 2.45. The second-order valence-electron chi connectivity index (χ2n) is 7.87. The Labute approximate surface area is 187 Å². The van der Waals surface area contributed by atoms with Crippen molar-refractivity contribution in [3.8, 4) is 16.9 Å². The highest BCUT2D eigenvalue weighted by Gasteiger charge is 2.16. The normalized spacial score (nSPS) is 13.5. The Morgan fingerprint density at radius 2 is 1.84 bits per heavy atom. The van der Waals surface area contributed by atoms with Gasteiger partial charge in [-0.25, -0.2) is 4.39 Å². The molecule has 0 amide bonds. The first-order valence-electron chi connectivity index (χ1n) is 10.5. The number of carbonyl (C=O) groups excluding carboxylic acids is 1. The van der Waals surface area contributed by atoms with E-state index >= 15 is 0 Å². The number of hydrogen-bond donors (Lipinski definition) is 2. The third-order valence-electron chi connectivity index (χ3n) is 4.92. The number of methoxy groups -OCH3 is 1. The van der Waals surface area contributed by atoms with E-state index in [1.165, 1.54) is 18.2 Å². The van der Waals surface area contributed by atoms with Crippen LogP contribution in [0.1, 0.15) is 43.7 Å². The third-order valence-corrected chi connectivity index (χ3v) is 4.92. The van der Waals surface area contributed by atoms with Gasteiger partial charge in [0, 0.05) is 25.9 Å². The lowest BCUT2D eigenvalue weighted by Gasteiger charge is -2.19. The molecule has 0 heterocycles. The fraction of sp³-hybridized carbons (Fsp3) is 0.400. The topological polar surface area (TPSA) is 99.1 Å². The van der Waals surface area contributed by atoms with Crippen molar-refractivity contribution in [1.29, 1.82) is 0 Å². The first kappa shape index (κ1) is 25.5. The summed E-state index contributed by atoms with van der Waals surface area (Å²) in [6, 6.07) is 9.87. The molecule has 0 radical (unpaired) electrons. The maximum absolute atomic E-state index is 13.5. The number of aliphatic carboxylic acids is 1. The van der Waals surface area contributed by atoms with Crippen LogP contribution >= 0.6 is 0 Å². The van der Waals surface area contributed by atoms with E-state index < -0.39 is 24.6 Å². The smallest absolute Gasteiger partial charge is 0.123 e. The van der Waals surface area contributed by atoms with Crippen molar-refractivity contribution in [2.45, 2.75) is 44.8 Å². The molecule has 0 aliphatic heterocycles. The Kier molecular flexibility index (Phi) is 9.84. The third kappa shape index (κ3) is 7.75. The molecule has 0 spiro atoms. The van der Waals surface area contributed by atoms with E-state index in [0.717, 1.165) is 22.3 Å². The van der Waals surface area contributed by atoms with Gasteiger partial charge in [0.25, 0.3) is 0 Å². The quantitative estimate of drug-likeness (QED) is 0.488. The predicted octanol–water partition coefficient (Wildman–Crippen LogP) is 2.91. The molecule has 0 bridgehead atoms. The summed E-state index contributed by atoms with van der Waals surface area (Å²) in [5.74, 6) is -0.967. The van der Waals surface area contributed by atoms with Crippen LogP contribution in [0.4, 0.5) is 4.39 Å². The van der Waals surface area contributed by atoms with Crippen LogP contribution in [0.25, 0.3) is 17.2 Å². The summed E-state index contributed by atoms with van der Waals surface area (Å²) in [6.07, 6.45) is 0.310. The molecule has 0 fully saturated rings. The van der Waals surface area contributed by atoms with Gasteiger partial charge in [-0.15, -0.1) is 0 Å². The number of ether oxygens (including phenoxy) is 2. The van der Waals surface area contributed by atoms with Crippen LogP contribution in [0.5, 0.6) is 5.75 Å². The van der Waals surface area contributed by atoms with Crippen molar-refractivity contribution in [1.82, 2.24) is 0 Å². The Morgan fingerprint density at radius 1 is 1.16 bits per heavy atom. The molecule has 2 N–H and O–H groups in total. The highest BCUT2D eigenvalue weighted by atomic mass is 19.1. The number of benzene rings is 2. The van der Waals surface area contributed by atoms with Gasteiger partial charge in [0.15, 0.2) is 0 Å². The second-order valence-corrected chi connectivity index (χ2v) is 7.87. The zero-order chi connectivity index (χ0) is 23.7. The molecule has 2 unspecified atom stereocenters. The average Bonchev–Trinajstić information content (AvgIpc) is 2.72. The molecular formula is C25H30FO6-. The molecule has 7 heteroatoms. The van der Waals surface area contributed by atoms with E-state index in [1.54, 1.807) is 25.3 Å². The molecule has 6 nitrogen and oxygen atoms in total. The van der Waals surface area contributed by atoms with E-state index in [4.69, 9.17) is 9.47 Å². The van der Waals surface area contributed by atoms with Crippen LogP contribution in [-0.4, -0.2) is 48.7 Å². The number of hydrogen-bond acceptors (Lipinski definition) is 6. The number of halogens is 1. The van der Waals surface area contributed by atoms with Crippen LogP contribution in [0.2, 0.25) is 0 Å². The average molecular weight is 446 g/mol. The maximum Gasteiger partial charge on any atom is 0.123 e. The summed E-state index contributed by atoms with van der Waals surface area (Å²) in [5, 5.41) is 30.6. The molecular weight excluding hydrogens is 415 g/mol. The van der Waals surface area contributed by atoms with Crippen molar-refractivity contribution in [2.75, 3.05) is 20.3 Å². The molecule has 32 heavy (non-hydrogen) atoms. The first-order chi connectivity index (χ1) is 15.2. The lowest BCUT2D eigenvalue weighted by Crippen LogP contribution is -2.29. The number of aliphatic hydroxyl groups excluding tert-OH is 2. The Hall–Kier alpha value is -2.74. The molecule has 2 rings (SSSR count). The Bertz CT molecular complexity index is 907. The lowest BCUT2D eigenvalue weighted by atomic mass is 9.89. The van der Waals surface area contributed by atoms with Crippen LogP contribution in [0, 0.1) is 5.82 Å². The lowest BCUT2D eigenvalue weighted by molar-refractivity contribution is -0.307. The van der Waals surface area contributed by atoms with Gasteiger partial charge in [0.2, 0.25) is 0 Å². The summed E-state index contributed by atoms with van der Waals surface area (Å²) in [4.78, 5) is 10.6. The van der Waals surface area contributed by atoms with Crippen LogP contribution in [-0.2, 0) is 9.53 Å². The molecule has 0 saturated heterocycles. The summed E-state index contributed by atoms with van der Waals surface area (Å²) in [7, 11) is 1.59. The predicted molar refractivity (Wildman–Crippen MR) is 119 cm³/mol. The Morgan fingerprint density at radius 3 is 2.44 bits per heavy atom. The van der Waals surface area contributed by atoms with E-state index in [0.29, 0.717) is 19.0 Å². The van der Waals surface area contributed by atoms with E-state index in [2.05, 4.69) is 0 Å². The summed E-state index contributed by atoms with van der Waals surface area (Å²) < 4.78 is 24.4. The van der Waals surface area contributed by atoms with Gasteiger partial charge in [0.05, 0.1) is 18.8 Å². The van der Waals surface area contributed by atoms with Crippen molar-refractivity contribution < 1.29 is 34.0 Å². The summed E-state index contributed by atoms with van der Waals surface area (Å²) >= 11 is 0. The molecule has 2 aromatic rings. The molecule has 0 aliphatic carbocycles. The van der Waals surface area contributed by atoms with Gasteiger partial charge in [0.1, 0.15) is 18.2 Å². The molecule has 0 aromatic heterocycles. The molecule has 174 valence electrons. The van der Waals surface area contributed by atoms with Crippen molar-refractivity contribution in [3.05, 3.63) is 59.4 Å². The fourth-order valence-corrected chi connectivity index (χ4v) is 3.35. The van der Waals surface area contributed by atoms with Gasteiger partial charge >= 0.3 is 0 Å². The minimum atomic E-state index is -1.38. The highest BCUT2D eigenvalue weighted by molar-refractivity contribution is 5.79. The number of carboxylic acids is 1. The van der Waals surface area contributed by atoms with Gasteiger partial charge in [-0.3, -0.25) is 0 Å². The van der Waals surface area contributed by atoms with Crippen molar-refractivity contribution in [2.24, 2.45) is 0 Å². The van der Waals surface area contributed by atoms with Crippen LogP contribution in [0.3, 0.4) is 0 Å². The minimum Gasteiger partial charge on any atom is -0.550 e. The zero-order valence-electron chi connectivity index (χ0n) is 18.6. The number of aliphatic hydroxyl groups is 2. The van der Waals surface area contributed by atoms with Gasteiger partial charge in [-0.1, -0.05) is 38.1 Å². The number of carbonyl (C=O) groups is 1. The minimum absolute atomic E-state index is 0.112.